The molecule has 4 N–H and O–H groups in total. The summed E-state index contributed by atoms with van der Waals surface area (Å²) >= 11 is 1.15. The van der Waals surface area contributed by atoms with E-state index < -0.39 is 22.0 Å². The van der Waals surface area contributed by atoms with Crippen molar-refractivity contribution in [3.8, 4) is 0 Å². The summed E-state index contributed by atoms with van der Waals surface area (Å²) in [6.07, 6.45) is 3.68. The minimum atomic E-state index is -4.13. The van der Waals surface area contributed by atoms with Gasteiger partial charge in [0.1, 0.15) is 22.5 Å². The molecule has 220 valence electrons. The third kappa shape index (κ3) is 6.89. The molecule has 1 amide bonds. The number of aliphatic carboxylic acids is 1. The molecule has 4 aromatic rings. The molecule has 0 bridgehead atoms. The average molecular weight is 610 g/mol. The van der Waals surface area contributed by atoms with Crippen molar-refractivity contribution in [1.82, 2.24) is 29.9 Å². The summed E-state index contributed by atoms with van der Waals surface area (Å²) in [6.45, 7) is 3.77. The highest BCUT2D eigenvalue weighted by atomic mass is 32.2. The lowest BCUT2D eigenvalue weighted by atomic mass is 10.1. The molecule has 0 saturated carbocycles. The number of hydrogen-bond acceptors (Lipinski definition) is 9. The largest absolute Gasteiger partial charge is 0.480 e. The van der Waals surface area contributed by atoms with Gasteiger partial charge in [-0.1, -0.05) is 36.4 Å². The number of amides is 1. The van der Waals surface area contributed by atoms with E-state index in [9.17, 15) is 23.1 Å². The molecule has 1 aliphatic rings. The van der Waals surface area contributed by atoms with Gasteiger partial charge in [-0.25, -0.2) is 18.4 Å². The first-order valence-corrected chi connectivity index (χ1v) is 16.0. The van der Waals surface area contributed by atoms with Crippen molar-refractivity contribution in [2.75, 3.05) is 18.8 Å². The number of aliphatic imine (C=N–C) groups is 1. The normalized spacial score (nSPS) is 14.4. The Morgan fingerprint density at radius 1 is 1.12 bits per heavy atom. The molecule has 0 radical (unpaired) electrons. The van der Waals surface area contributed by atoms with Gasteiger partial charge in [0.15, 0.2) is 5.96 Å². The van der Waals surface area contributed by atoms with Gasteiger partial charge in [-0.3, -0.25) is 19.9 Å². The van der Waals surface area contributed by atoms with E-state index in [4.69, 9.17) is 0 Å². The molecule has 12 nitrogen and oxygen atoms in total. The Morgan fingerprint density at radius 2 is 1.93 bits per heavy atom. The van der Waals surface area contributed by atoms with Gasteiger partial charge in [0.2, 0.25) is 15.9 Å². The summed E-state index contributed by atoms with van der Waals surface area (Å²) < 4.78 is 30.8. The number of hydrogen-bond donors (Lipinski definition) is 4. The zero-order chi connectivity index (χ0) is 29.7. The monoisotopic (exact) mass is 609 g/mol. The molecule has 3 heterocycles. The molecule has 0 saturated heterocycles. The first kappa shape index (κ1) is 29.5. The highest BCUT2D eigenvalue weighted by Crippen LogP contribution is 2.28. The SMILES string of the molecule is Cc1nc(SC[C@H](NS(=O)(=O)c2cccc3ccccc23)C(=O)O)c2ccn(CCCC(=O)NC3=NCCCN3)c2n1. The van der Waals surface area contributed by atoms with Crippen LogP contribution < -0.4 is 15.4 Å². The zero-order valence-electron chi connectivity index (χ0n) is 22.9. The minimum absolute atomic E-state index is 0.0193. The topological polar surface area (TPSA) is 168 Å². The fourth-order valence-electron chi connectivity index (χ4n) is 4.65. The lowest BCUT2D eigenvalue weighted by Gasteiger charge is -2.16. The van der Waals surface area contributed by atoms with Gasteiger partial charge in [0.25, 0.3) is 0 Å². The number of sulfonamides is 1. The smallest absolute Gasteiger partial charge is 0.322 e. The van der Waals surface area contributed by atoms with Crippen LogP contribution in [0.5, 0.6) is 0 Å². The molecule has 14 heteroatoms. The van der Waals surface area contributed by atoms with Gasteiger partial charge in [0, 0.05) is 43.4 Å². The molecule has 0 unspecified atom stereocenters. The summed E-state index contributed by atoms with van der Waals surface area (Å²) in [5, 5.41) is 18.2. The third-order valence-electron chi connectivity index (χ3n) is 6.67. The summed E-state index contributed by atoms with van der Waals surface area (Å²) in [6, 6.07) is 12.4. The second-order valence-corrected chi connectivity index (χ2v) is 12.5. The Morgan fingerprint density at radius 3 is 2.71 bits per heavy atom. The van der Waals surface area contributed by atoms with Gasteiger partial charge in [-0.15, -0.1) is 11.8 Å². The van der Waals surface area contributed by atoms with E-state index in [0.717, 1.165) is 35.5 Å². The van der Waals surface area contributed by atoms with Crippen molar-refractivity contribution in [2.24, 2.45) is 4.99 Å². The predicted octanol–water partition coefficient (Wildman–Crippen LogP) is 2.66. The van der Waals surface area contributed by atoms with Crippen molar-refractivity contribution in [3.05, 3.63) is 60.6 Å². The zero-order valence-corrected chi connectivity index (χ0v) is 24.5. The van der Waals surface area contributed by atoms with E-state index in [2.05, 4.69) is 30.3 Å². The van der Waals surface area contributed by atoms with Gasteiger partial charge in [-0.05, 0) is 37.3 Å². The molecule has 0 spiro atoms. The van der Waals surface area contributed by atoms with E-state index in [0.29, 0.717) is 53.8 Å². The van der Waals surface area contributed by atoms with Crippen molar-refractivity contribution < 1.29 is 23.1 Å². The van der Waals surface area contributed by atoms with Crippen LogP contribution in [0.15, 0.2) is 69.6 Å². The molecule has 2 aromatic heterocycles. The number of guanidine groups is 1. The highest BCUT2D eigenvalue weighted by Gasteiger charge is 2.27. The first-order valence-electron chi connectivity index (χ1n) is 13.5. The van der Waals surface area contributed by atoms with Crippen molar-refractivity contribution in [1.29, 1.82) is 0 Å². The van der Waals surface area contributed by atoms with E-state index in [1.807, 2.05) is 22.9 Å². The second-order valence-electron chi connectivity index (χ2n) is 9.79. The average Bonchev–Trinajstić information content (AvgIpc) is 3.37. The van der Waals surface area contributed by atoms with Crippen molar-refractivity contribution in [2.45, 2.75) is 48.7 Å². The van der Waals surface area contributed by atoms with Crippen LogP contribution in [0.4, 0.5) is 0 Å². The number of carbonyl (C=O) groups excluding carboxylic acids is 1. The number of rotatable bonds is 11. The van der Waals surface area contributed by atoms with E-state index in [1.54, 1.807) is 37.3 Å². The maximum absolute atomic E-state index is 13.3. The number of nitrogens with one attached hydrogen (secondary N) is 3. The summed E-state index contributed by atoms with van der Waals surface area (Å²) in [5.41, 5.74) is 0.659. The van der Waals surface area contributed by atoms with Crippen LogP contribution in [-0.4, -0.2) is 70.8 Å². The fourth-order valence-corrected chi connectivity index (χ4v) is 7.24. The lowest BCUT2D eigenvalue weighted by molar-refractivity contribution is -0.138. The van der Waals surface area contributed by atoms with Gasteiger partial charge in [-0.2, -0.15) is 4.72 Å². The molecule has 2 aromatic carbocycles. The van der Waals surface area contributed by atoms with Crippen LogP contribution in [0.25, 0.3) is 21.8 Å². The Hall–Kier alpha value is -4.01. The third-order valence-corrected chi connectivity index (χ3v) is 9.29. The lowest BCUT2D eigenvalue weighted by Crippen LogP contribution is -2.43. The number of carboxylic acid groups (broad SMARTS) is 1. The van der Waals surface area contributed by atoms with Crippen LogP contribution in [-0.2, 0) is 26.2 Å². The van der Waals surface area contributed by atoms with E-state index in [1.165, 1.54) is 6.07 Å². The number of thioether (sulfide) groups is 1. The molecule has 1 atom stereocenters. The van der Waals surface area contributed by atoms with Crippen molar-refractivity contribution >= 4 is 61.4 Å². The van der Waals surface area contributed by atoms with E-state index >= 15 is 0 Å². The standard InChI is InChI=1S/C28H31N7O5S2/c1-18-31-25-21(12-16-35(25)15-5-11-24(36)33-28-29-13-6-14-30-28)26(32-18)41-17-22(27(37)38)34-42(39,40)23-10-4-8-19-7-2-3-9-20(19)23/h2-4,7-10,12,16,22,34H,5-6,11,13-15,17H2,1H3,(H,37,38)(H2,29,30,33,36)/t22-/m0/s1. The van der Waals surface area contributed by atoms with Crippen LogP contribution in [0.2, 0.25) is 0 Å². The summed E-state index contributed by atoms with van der Waals surface area (Å²) in [5.74, 6) is -0.492. The number of fused-ring (bicyclic) bond motifs is 2. The molecule has 5 rings (SSSR count). The Labute approximate surface area is 247 Å². The van der Waals surface area contributed by atoms with Crippen LogP contribution in [0.3, 0.4) is 0 Å². The Balaban J connectivity index is 1.26. The number of nitrogens with zero attached hydrogens (tertiary/aromatic N) is 4. The Kier molecular flexibility index (Phi) is 9.04. The maximum Gasteiger partial charge on any atom is 0.322 e. The number of aromatic nitrogens is 3. The first-order chi connectivity index (χ1) is 20.2. The molecular formula is C28H31N7O5S2. The molecule has 1 aliphatic heterocycles. The highest BCUT2D eigenvalue weighted by molar-refractivity contribution is 7.99. The van der Waals surface area contributed by atoms with Gasteiger partial charge < -0.3 is 15.0 Å². The summed E-state index contributed by atoms with van der Waals surface area (Å²) in [7, 11) is -4.13. The maximum atomic E-state index is 13.3. The number of aryl methyl sites for hydroxylation is 2. The van der Waals surface area contributed by atoms with E-state index in [-0.39, 0.29) is 16.6 Å². The minimum Gasteiger partial charge on any atom is -0.480 e. The molecular weight excluding hydrogens is 578 g/mol. The van der Waals surface area contributed by atoms with Crippen LogP contribution in [0, 0.1) is 6.92 Å². The van der Waals surface area contributed by atoms with Gasteiger partial charge >= 0.3 is 5.97 Å². The number of benzene rings is 2. The van der Waals surface area contributed by atoms with Crippen molar-refractivity contribution in [3.63, 3.8) is 0 Å². The summed E-state index contributed by atoms with van der Waals surface area (Å²) in [4.78, 5) is 37.7. The fraction of sp³-hybridized carbons (Fsp3) is 0.321. The van der Waals surface area contributed by atoms with Crippen LogP contribution in [0.1, 0.15) is 25.1 Å². The predicted molar refractivity (Wildman–Crippen MR) is 161 cm³/mol. The number of carboxylic acids is 1. The molecule has 42 heavy (non-hydrogen) atoms. The second kappa shape index (κ2) is 12.9. The Bertz CT molecular complexity index is 1770. The van der Waals surface area contributed by atoms with Crippen LogP contribution >= 0.6 is 11.8 Å². The quantitative estimate of drug-likeness (QED) is 0.148. The number of carbonyl (C=O) groups is 2. The molecule has 0 fully saturated rings. The van der Waals surface area contributed by atoms with Gasteiger partial charge in [0.05, 0.1) is 10.3 Å². The molecule has 0 aliphatic carbocycles.